The van der Waals surface area contributed by atoms with E-state index in [9.17, 15) is 4.79 Å². The lowest BCUT2D eigenvalue weighted by Gasteiger charge is -2.12. The van der Waals surface area contributed by atoms with E-state index >= 15 is 0 Å². The topological polar surface area (TPSA) is 95.6 Å². The number of ketones is 1. The number of nitrogens with one attached hydrogen (secondary N) is 3. The lowest BCUT2D eigenvalue weighted by atomic mass is 10.0. The lowest BCUT2D eigenvalue weighted by Crippen LogP contribution is -2.09. The number of carbonyl (C=O) groups excluding carboxylic acids is 1. The minimum Gasteiger partial charge on any atom is -0.370 e. The Hall–Kier alpha value is -2.87. The zero-order valence-corrected chi connectivity index (χ0v) is 20.5. The normalized spacial score (nSPS) is 16.0. The van der Waals surface area contributed by atoms with Gasteiger partial charge in [0.05, 0.1) is 0 Å². The minimum absolute atomic E-state index is 0.301. The summed E-state index contributed by atoms with van der Waals surface area (Å²) in [5.41, 5.74) is 2.06. The van der Waals surface area contributed by atoms with Crippen LogP contribution in [0.3, 0.4) is 0 Å². The van der Waals surface area contributed by atoms with Gasteiger partial charge in [-0.05, 0) is 61.6 Å². The summed E-state index contributed by atoms with van der Waals surface area (Å²) in [5.74, 6) is 3.75. The van der Waals surface area contributed by atoms with E-state index in [-0.39, 0.29) is 0 Å². The van der Waals surface area contributed by atoms with Crippen LogP contribution in [0.4, 0.5) is 17.5 Å². The van der Waals surface area contributed by atoms with Gasteiger partial charge in [0, 0.05) is 41.6 Å². The third-order valence-electron chi connectivity index (χ3n) is 6.54. The molecule has 0 amide bonds. The molecule has 2 aliphatic rings. The van der Waals surface area contributed by atoms with Gasteiger partial charge >= 0.3 is 0 Å². The third kappa shape index (κ3) is 6.38. The van der Waals surface area contributed by atoms with E-state index in [1.165, 1.54) is 43.9 Å². The van der Waals surface area contributed by atoms with Gasteiger partial charge in [-0.1, -0.05) is 37.8 Å². The van der Waals surface area contributed by atoms with Gasteiger partial charge < -0.3 is 10.6 Å². The number of carbonyl (C=O) groups is 1. The fourth-order valence-electron chi connectivity index (χ4n) is 4.47. The second kappa shape index (κ2) is 10.6. The summed E-state index contributed by atoms with van der Waals surface area (Å²) in [6.45, 7) is 2.88. The van der Waals surface area contributed by atoms with Crippen LogP contribution in [0.1, 0.15) is 56.2 Å². The van der Waals surface area contributed by atoms with Crippen molar-refractivity contribution < 1.29 is 4.79 Å². The molecule has 3 N–H and O–H groups in total. The molecule has 3 aromatic rings. The number of aromatic nitrogens is 4. The van der Waals surface area contributed by atoms with E-state index in [4.69, 9.17) is 9.97 Å². The average molecular weight is 477 g/mol. The highest BCUT2D eigenvalue weighted by Gasteiger charge is 2.29. The molecule has 0 spiro atoms. The first-order chi connectivity index (χ1) is 16.6. The number of nitrogens with zero attached hydrogens (tertiary/aromatic N) is 3. The summed E-state index contributed by atoms with van der Waals surface area (Å²) in [6, 6.07) is 12.1. The van der Waals surface area contributed by atoms with Crippen molar-refractivity contribution in [3.8, 4) is 0 Å². The molecule has 5 rings (SSSR count). The van der Waals surface area contributed by atoms with Crippen molar-refractivity contribution in [3.05, 3.63) is 47.7 Å². The van der Waals surface area contributed by atoms with E-state index < -0.39 is 0 Å². The fourth-order valence-corrected chi connectivity index (χ4v) is 5.24. The van der Waals surface area contributed by atoms with Gasteiger partial charge in [0.25, 0.3) is 0 Å². The molecule has 0 bridgehead atoms. The van der Waals surface area contributed by atoms with Gasteiger partial charge in [-0.2, -0.15) is 5.10 Å². The number of benzene rings is 1. The predicted molar refractivity (Wildman–Crippen MR) is 136 cm³/mol. The van der Waals surface area contributed by atoms with Crippen LogP contribution in [0.25, 0.3) is 0 Å². The standard InChI is InChI=1S/C26H32N6OS/c1-17-14-25(32-31-17)28-24-16-23(27-13-12-18-4-2-3-5-18)29-26(30-24)34-21-10-6-19(7-11-21)15-22(33)20-8-9-20/h6-7,10-11,14,16,18,20H,2-5,8-9,12-13,15H2,1H3,(H3,27,28,29,30,31,32). The smallest absolute Gasteiger partial charge is 0.196 e. The number of aryl methyl sites for hydroxylation is 1. The summed E-state index contributed by atoms with van der Waals surface area (Å²) in [7, 11) is 0. The van der Waals surface area contributed by atoms with Crippen LogP contribution in [-0.4, -0.2) is 32.5 Å². The Kier molecular flexibility index (Phi) is 7.13. The SMILES string of the molecule is Cc1cc(Nc2cc(NCCC3CCCC3)nc(Sc3ccc(CC(=O)C4CC4)cc3)n2)n[nH]1. The van der Waals surface area contributed by atoms with E-state index in [1.54, 1.807) is 0 Å². The molecule has 34 heavy (non-hydrogen) atoms. The first-order valence-corrected chi connectivity index (χ1v) is 13.1. The number of hydrogen-bond donors (Lipinski definition) is 3. The average Bonchev–Trinajstić information content (AvgIpc) is 3.41. The highest BCUT2D eigenvalue weighted by atomic mass is 32.2. The quantitative estimate of drug-likeness (QED) is 0.296. The zero-order chi connectivity index (χ0) is 23.3. The van der Waals surface area contributed by atoms with Crippen LogP contribution in [0, 0.1) is 18.8 Å². The molecule has 0 aliphatic heterocycles. The third-order valence-corrected chi connectivity index (χ3v) is 7.42. The van der Waals surface area contributed by atoms with Crippen molar-refractivity contribution >= 4 is 35.0 Å². The highest BCUT2D eigenvalue weighted by molar-refractivity contribution is 7.99. The predicted octanol–water partition coefficient (Wildman–Crippen LogP) is 5.92. The first-order valence-electron chi connectivity index (χ1n) is 12.3. The van der Waals surface area contributed by atoms with Crippen molar-refractivity contribution in [1.29, 1.82) is 0 Å². The summed E-state index contributed by atoms with van der Waals surface area (Å²) in [4.78, 5) is 22.6. The number of H-pyrrole nitrogens is 1. The summed E-state index contributed by atoms with van der Waals surface area (Å²) < 4.78 is 0. The number of anilines is 3. The highest BCUT2D eigenvalue weighted by Crippen LogP contribution is 2.32. The monoisotopic (exact) mass is 476 g/mol. The Morgan fingerprint density at radius 2 is 1.79 bits per heavy atom. The number of Topliss-reactive ketones (excluding diaryl/α,β-unsaturated/α-hetero) is 1. The Bertz CT molecular complexity index is 1120. The van der Waals surface area contributed by atoms with Gasteiger partial charge in [-0.25, -0.2) is 9.97 Å². The van der Waals surface area contributed by atoms with E-state index in [2.05, 4.69) is 20.8 Å². The van der Waals surface area contributed by atoms with Crippen LogP contribution in [0.15, 0.2) is 46.5 Å². The number of hydrogen-bond acceptors (Lipinski definition) is 7. The largest absolute Gasteiger partial charge is 0.370 e. The molecule has 8 heteroatoms. The van der Waals surface area contributed by atoms with Crippen LogP contribution >= 0.6 is 11.8 Å². The maximum absolute atomic E-state index is 12.1. The summed E-state index contributed by atoms with van der Waals surface area (Å²) in [5, 5.41) is 14.7. The molecule has 2 aliphatic carbocycles. The van der Waals surface area contributed by atoms with Gasteiger partial charge in [0.2, 0.25) is 0 Å². The van der Waals surface area contributed by atoms with E-state index in [0.717, 1.165) is 53.1 Å². The summed E-state index contributed by atoms with van der Waals surface area (Å²) in [6.07, 6.45) is 9.25. The molecule has 0 atom stereocenters. The Balaban J connectivity index is 1.27. The molecule has 7 nitrogen and oxygen atoms in total. The van der Waals surface area contributed by atoms with E-state index in [0.29, 0.717) is 29.1 Å². The maximum atomic E-state index is 12.1. The number of aromatic amines is 1. The molecule has 2 fully saturated rings. The minimum atomic E-state index is 0.301. The van der Waals surface area contributed by atoms with Gasteiger partial charge in [0.15, 0.2) is 11.0 Å². The molecular formula is C26H32N6OS. The Morgan fingerprint density at radius 3 is 2.50 bits per heavy atom. The van der Waals surface area contributed by atoms with Crippen molar-refractivity contribution in [2.45, 2.75) is 68.3 Å². The Labute approximate surface area is 204 Å². The van der Waals surface area contributed by atoms with Gasteiger partial charge in [-0.3, -0.25) is 9.89 Å². The van der Waals surface area contributed by atoms with Crippen molar-refractivity contribution in [2.75, 3.05) is 17.2 Å². The fraction of sp³-hybridized carbons (Fsp3) is 0.462. The molecule has 0 radical (unpaired) electrons. The van der Waals surface area contributed by atoms with Gasteiger partial charge in [-0.15, -0.1) is 0 Å². The van der Waals surface area contributed by atoms with Crippen LogP contribution in [0.5, 0.6) is 0 Å². The Morgan fingerprint density at radius 1 is 1.03 bits per heavy atom. The maximum Gasteiger partial charge on any atom is 0.196 e. The van der Waals surface area contributed by atoms with Crippen LogP contribution in [0.2, 0.25) is 0 Å². The van der Waals surface area contributed by atoms with E-state index in [1.807, 2.05) is 43.3 Å². The zero-order valence-electron chi connectivity index (χ0n) is 19.6. The second-order valence-corrected chi connectivity index (χ2v) is 10.6. The van der Waals surface area contributed by atoms with Crippen LogP contribution in [-0.2, 0) is 11.2 Å². The van der Waals surface area contributed by atoms with Crippen molar-refractivity contribution in [1.82, 2.24) is 20.2 Å². The summed E-state index contributed by atoms with van der Waals surface area (Å²) >= 11 is 1.52. The van der Waals surface area contributed by atoms with Crippen molar-refractivity contribution in [3.63, 3.8) is 0 Å². The molecule has 2 saturated carbocycles. The molecule has 0 unspecified atom stereocenters. The van der Waals surface area contributed by atoms with Gasteiger partial charge in [0.1, 0.15) is 17.4 Å². The molecular weight excluding hydrogens is 444 g/mol. The first kappa shape index (κ1) is 22.9. The molecule has 0 saturated heterocycles. The van der Waals surface area contributed by atoms with Crippen LogP contribution < -0.4 is 10.6 Å². The lowest BCUT2D eigenvalue weighted by molar-refractivity contribution is -0.119. The van der Waals surface area contributed by atoms with Crippen molar-refractivity contribution in [2.24, 2.45) is 11.8 Å². The number of rotatable bonds is 11. The molecule has 1 aromatic carbocycles. The molecule has 178 valence electrons. The molecule has 2 aromatic heterocycles. The molecule has 2 heterocycles. The second-order valence-electron chi connectivity index (χ2n) is 9.51.